The van der Waals surface area contributed by atoms with Crippen LogP contribution in [-0.2, 0) is 13.0 Å². The van der Waals surface area contributed by atoms with Gasteiger partial charge in [-0.2, -0.15) is 0 Å². The number of hydrogen-bond donors (Lipinski definition) is 1. The maximum absolute atomic E-state index is 6.29. The van der Waals surface area contributed by atoms with Crippen LogP contribution in [0.15, 0.2) is 6.07 Å². The van der Waals surface area contributed by atoms with Gasteiger partial charge in [-0.3, -0.25) is 0 Å². The Morgan fingerprint density at radius 3 is 2.74 bits per heavy atom. The first kappa shape index (κ1) is 13.2. The molecule has 2 aliphatic rings. The van der Waals surface area contributed by atoms with Crippen molar-refractivity contribution >= 4 is 0 Å². The molecule has 2 nitrogen and oxygen atoms in total. The molecule has 0 spiro atoms. The van der Waals surface area contributed by atoms with Gasteiger partial charge in [0.2, 0.25) is 0 Å². The molecule has 2 heteroatoms. The van der Waals surface area contributed by atoms with E-state index in [1.807, 2.05) is 0 Å². The van der Waals surface area contributed by atoms with E-state index in [0.29, 0.717) is 5.41 Å². The molecule has 3 rings (SSSR count). The highest BCUT2D eigenvalue weighted by molar-refractivity contribution is 5.32. The Hall–Kier alpha value is -0.760. The third kappa shape index (κ3) is 2.24. The zero-order valence-electron chi connectivity index (χ0n) is 12.5. The van der Waals surface area contributed by atoms with E-state index in [9.17, 15) is 0 Å². The summed E-state index contributed by atoms with van der Waals surface area (Å²) >= 11 is 0. The number of nitrogens with zero attached hydrogens (tertiary/aromatic N) is 1. The predicted molar refractivity (Wildman–Crippen MR) is 80.2 cm³/mol. The Morgan fingerprint density at radius 2 is 2.05 bits per heavy atom. The minimum Gasteiger partial charge on any atom is -0.348 e. The highest BCUT2D eigenvalue weighted by atomic mass is 15.0. The average molecular weight is 260 g/mol. The highest BCUT2D eigenvalue weighted by Gasteiger charge is 2.34. The summed E-state index contributed by atoms with van der Waals surface area (Å²) in [7, 11) is 0. The molecule has 0 radical (unpaired) electrons. The van der Waals surface area contributed by atoms with Crippen molar-refractivity contribution in [1.82, 2.24) is 4.57 Å². The first-order valence-corrected chi connectivity index (χ1v) is 8.10. The lowest BCUT2D eigenvalue weighted by Gasteiger charge is -2.31. The number of hydrogen-bond acceptors (Lipinski definition) is 1. The molecule has 2 N–H and O–H groups in total. The van der Waals surface area contributed by atoms with Crippen LogP contribution in [0.1, 0.15) is 74.9 Å². The predicted octanol–water partition coefficient (Wildman–Crippen LogP) is 4.10. The zero-order valence-corrected chi connectivity index (χ0v) is 12.5. The molecule has 0 bridgehead atoms. The van der Waals surface area contributed by atoms with Crippen molar-refractivity contribution in [3.05, 3.63) is 23.0 Å². The molecule has 0 aromatic carbocycles. The minimum absolute atomic E-state index is 0.282. The largest absolute Gasteiger partial charge is 0.348 e. The summed E-state index contributed by atoms with van der Waals surface area (Å²) in [5.74, 6) is 0. The van der Waals surface area contributed by atoms with Crippen LogP contribution >= 0.6 is 0 Å². The molecule has 1 heterocycles. The van der Waals surface area contributed by atoms with E-state index >= 15 is 0 Å². The summed E-state index contributed by atoms with van der Waals surface area (Å²) < 4.78 is 2.61. The van der Waals surface area contributed by atoms with Gasteiger partial charge in [0.15, 0.2) is 0 Å². The number of rotatable bonds is 3. The van der Waals surface area contributed by atoms with Crippen LogP contribution in [0.4, 0.5) is 0 Å². The fourth-order valence-corrected chi connectivity index (χ4v) is 4.30. The van der Waals surface area contributed by atoms with Crippen LogP contribution < -0.4 is 5.73 Å². The van der Waals surface area contributed by atoms with Crippen molar-refractivity contribution in [2.24, 2.45) is 11.1 Å². The Balaban J connectivity index is 1.92. The van der Waals surface area contributed by atoms with Crippen molar-refractivity contribution in [3.8, 4) is 0 Å². The van der Waals surface area contributed by atoms with Gasteiger partial charge in [-0.25, -0.2) is 0 Å². The smallest absolute Gasteiger partial charge is 0.0313 e. The Bertz CT molecular complexity index is 452. The lowest BCUT2D eigenvalue weighted by Crippen LogP contribution is -2.26. The molecule has 106 valence electrons. The Morgan fingerprint density at radius 1 is 1.32 bits per heavy atom. The van der Waals surface area contributed by atoms with Crippen molar-refractivity contribution in [2.75, 3.05) is 0 Å². The summed E-state index contributed by atoms with van der Waals surface area (Å²) in [6, 6.07) is 2.64. The van der Waals surface area contributed by atoms with E-state index in [0.717, 1.165) is 6.42 Å². The Kier molecular flexibility index (Phi) is 3.46. The summed E-state index contributed by atoms with van der Waals surface area (Å²) in [4.78, 5) is 0. The first-order valence-electron chi connectivity index (χ1n) is 8.10. The van der Waals surface area contributed by atoms with E-state index in [2.05, 4.69) is 24.5 Å². The fourth-order valence-electron chi connectivity index (χ4n) is 4.30. The van der Waals surface area contributed by atoms with E-state index in [4.69, 9.17) is 5.73 Å². The molecule has 1 aromatic heterocycles. The van der Waals surface area contributed by atoms with Gasteiger partial charge < -0.3 is 10.3 Å². The van der Waals surface area contributed by atoms with Crippen LogP contribution in [0.5, 0.6) is 0 Å². The number of fused-ring (bicyclic) bond motifs is 1. The van der Waals surface area contributed by atoms with Crippen molar-refractivity contribution in [1.29, 1.82) is 0 Å². The summed E-state index contributed by atoms with van der Waals surface area (Å²) in [5.41, 5.74) is 11.3. The first-order chi connectivity index (χ1) is 9.15. The third-order valence-electron chi connectivity index (χ3n) is 5.69. The second-order valence-electron chi connectivity index (χ2n) is 6.83. The quantitative estimate of drug-likeness (QED) is 0.871. The van der Waals surface area contributed by atoms with Crippen LogP contribution in [-0.4, -0.2) is 4.57 Å². The minimum atomic E-state index is 0.282. The molecule has 1 fully saturated rings. The second-order valence-corrected chi connectivity index (χ2v) is 6.83. The van der Waals surface area contributed by atoms with Gasteiger partial charge >= 0.3 is 0 Å². The second kappa shape index (κ2) is 4.97. The molecule has 0 saturated heterocycles. The maximum Gasteiger partial charge on any atom is 0.0313 e. The zero-order chi connectivity index (χ0) is 13.5. The third-order valence-corrected chi connectivity index (χ3v) is 5.69. The molecule has 2 aliphatic carbocycles. The van der Waals surface area contributed by atoms with Crippen molar-refractivity contribution < 1.29 is 0 Å². The Labute approximate surface area is 117 Å². The topological polar surface area (TPSA) is 30.9 Å². The molecule has 0 aliphatic heterocycles. The van der Waals surface area contributed by atoms with Gasteiger partial charge in [-0.05, 0) is 62.5 Å². The van der Waals surface area contributed by atoms with E-state index in [1.165, 1.54) is 62.7 Å². The van der Waals surface area contributed by atoms with Gasteiger partial charge in [-0.1, -0.05) is 19.8 Å². The number of aryl methyl sites for hydroxylation is 1. The molecule has 0 amide bonds. The van der Waals surface area contributed by atoms with Crippen molar-refractivity contribution in [3.63, 3.8) is 0 Å². The number of nitrogens with two attached hydrogens (primary N) is 1. The molecule has 19 heavy (non-hydrogen) atoms. The van der Waals surface area contributed by atoms with Crippen molar-refractivity contribution in [2.45, 2.75) is 77.8 Å². The highest BCUT2D eigenvalue weighted by Crippen LogP contribution is 2.43. The molecular formula is C17H28N2. The average Bonchev–Trinajstić information content (AvgIpc) is 2.99. The maximum atomic E-state index is 6.29. The molecule has 1 atom stereocenters. The van der Waals surface area contributed by atoms with Gasteiger partial charge in [0.25, 0.3) is 0 Å². The normalized spacial score (nSPS) is 25.5. The van der Waals surface area contributed by atoms with Crippen LogP contribution in [0, 0.1) is 12.3 Å². The van der Waals surface area contributed by atoms with Crippen LogP contribution in [0.2, 0.25) is 0 Å². The fraction of sp³-hybridized carbons (Fsp3) is 0.765. The molecule has 1 saturated carbocycles. The van der Waals surface area contributed by atoms with Crippen LogP contribution in [0.3, 0.4) is 0 Å². The van der Waals surface area contributed by atoms with Crippen LogP contribution in [0.25, 0.3) is 0 Å². The summed E-state index contributed by atoms with van der Waals surface area (Å²) in [6.07, 6.45) is 10.7. The molecule has 1 unspecified atom stereocenters. The van der Waals surface area contributed by atoms with Gasteiger partial charge in [0.05, 0.1) is 0 Å². The number of aromatic nitrogens is 1. The summed E-state index contributed by atoms with van der Waals surface area (Å²) in [5, 5.41) is 0. The van der Waals surface area contributed by atoms with E-state index < -0.39 is 0 Å². The summed E-state index contributed by atoms with van der Waals surface area (Å²) in [6.45, 7) is 5.88. The lowest BCUT2D eigenvalue weighted by molar-refractivity contribution is 0.232. The monoisotopic (exact) mass is 260 g/mol. The molecular weight excluding hydrogens is 232 g/mol. The van der Waals surface area contributed by atoms with Gasteiger partial charge in [0.1, 0.15) is 0 Å². The van der Waals surface area contributed by atoms with Gasteiger partial charge in [0, 0.05) is 24.0 Å². The lowest BCUT2D eigenvalue weighted by atomic mass is 9.83. The van der Waals surface area contributed by atoms with E-state index in [-0.39, 0.29) is 6.04 Å². The molecule has 1 aromatic rings. The SMILES string of the molecule is CCC1(Cn2c(C)cc3c2CCCC3N)CCCC1. The van der Waals surface area contributed by atoms with Gasteiger partial charge in [-0.15, -0.1) is 0 Å². The van der Waals surface area contributed by atoms with E-state index in [1.54, 1.807) is 5.69 Å². The standard InChI is InChI=1S/C17H28N2/c1-3-17(9-4-5-10-17)12-19-13(2)11-14-15(18)7-6-8-16(14)19/h11,15H,3-10,12,18H2,1-2H3.